The molecule has 0 saturated heterocycles. The van der Waals surface area contributed by atoms with Crippen LogP contribution in [0.25, 0.3) is 6.08 Å². The van der Waals surface area contributed by atoms with Crippen LogP contribution in [0.1, 0.15) is 38.0 Å². The Morgan fingerprint density at radius 1 is 1.13 bits per heavy atom. The first-order chi connectivity index (χ1) is 7.00. The van der Waals surface area contributed by atoms with Gasteiger partial charge in [0, 0.05) is 5.92 Å². The Labute approximate surface area is 91.4 Å². The molecule has 0 radical (unpaired) electrons. The van der Waals surface area contributed by atoms with E-state index >= 15 is 0 Å². The first-order valence-corrected chi connectivity index (χ1v) is 5.45. The molecule has 1 N–H and O–H groups in total. The summed E-state index contributed by atoms with van der Waals surface area (Å²) >= 11 is 0. The van der Waals surface area contributed by atoms with Gasteiger partial charge >= 0.3 is 0 Å². The molecule has 1 aliphatic carbocycles. The lowest BCUT2D eigenvalue weighted by atomic mass is 9.72. The van der Waals surface area contributed by atoms with E-state index in [2.05, 4.69) is 32.9 Å². The largest absolute Gasteiger partial charge is 0.388 e. The van der Waals surface area contributed by atoms with Gasteiger partial charge in [0.2, 0.25) is 0 Å². The van der Waals surface area contributed by atoms with Crippen LogP contribution < -0.4 is 0 Å². The van der Waals surface area contributed by atoms with E-state index in [4.69, 9.17) is 0 Å². The minimum Gasteiger partial charge on any atom is -0.388 e. The lowest BCUT2D eigenvalue weighted by molar-refractivity contribution is 0.0698. The van der Waals surface area contributed by atoms with Crippen LogP contribution >= 0.6 is 0 Å². The van der Waals surface area contributed by atoms with E-state index in [1.807, 2.05) is 24.3 Å². The fourth-order valence-corrected chi connectivity index (χ4v) is 2.20. The predicted octanol–water partition coefficient (Wildman–Crippen LogP) is 3.41. The van der Waals surface area contributed by atoms with Gasteiger partial charge in [-0.1, -0.05) is 57.2 Å². The van der Waals surface area contributed by atoms with Crippen LogP contribution in [0.2, 0.25) is 0 Å². The molecular formula is C14H18O. The zero-order valence-electron chi connectivity index (χ0n) is 9.57. The van der Waals surface area contributed by atoms with E-state index in [9.17, 15) is 5.11 Å². The van der Waals surface area contributed by atoms with E-state index in [1.165, 1.54) is 0 Å². The van der Waals surface area contributed by atoms with Crippen LogP contribution in [0, 0.1) is 11.3 Å². The SMILES string of the molecule is CC(C)(C)[C@H]1C=Cc2ccccc2[C@H]1O. The quantitative estimate of drug-likeness (QED) is 0.683. The first kappa shape index (κ1) is 10.4. The summed E-state index contributed by atoms with van der Waals surface area (Å²) in [5, 5.41) is 10.3. The van der Waals surface area contributed by atoms with Gasteiger partial charge in [0.15, 0.2) is 0 Å². The molecule has 0 unspecified atom stereocenters. The van der Waals surface area contributed by atoms with E-state index in [1.54, 1.807) is 0 Å². The Hall–Kier alpha value is -1.08. The summed E-state index contributed by atoms with van der Waals surface area (Å²) in [4.78, 5) is 0. The third-order valence-electron chi connectivity index (χ3n) is 3.14. The van der Waals surface area contributed by atoms with Crippen LogP contribution in [0.5, 0.6) is 0 Å². The van der Waals surface area contributed by atoms with Crippen LogP contribution in [-0.4, -0.2) is 5.11 Å². The Kier molecular flexibility index (Phi) is 2.43. The molecule has 80 valence electrons. The average molecular weight is 202 g/mol. The zero-order valence-corrected chi connectivity index (χ0v) is 9.57. The summed E-state index contributed by atoms with van der Waals surface area (Å²) < 4.78 is 0. The van der Waals surface area contributed by atoms with Gasteiger partial charge in [0.05, 0.1) is 6.10 Å². The summed E-state index contributed by atoms with van der Waals surface area (Å²) in [6, 6.07) is 8.06. The van der Waals surface area contributed by atoms with Crippen molar-refractivity contribution in [3.63, 3.8) is 0 Å². The fourth-order valence-electron chi connectivity index (χ4n) is 2.20. The van der Waals surface area contributed by atoms with Crippen LogP contribution in [0.3, 0.4) is 0 Å². The van der Waals surface area contributed by atoms with Crippen molar-refractivity contribution in [3.8, 4) is 0 Å². The van der Waals surface area contributed by atoms with Gasteiger partial charge in [0.25, 0.3) is 0 Å². The van der Waals surface area contributed by atoms with Crippen molar-refractivity contribution < 1.29 is 5.11 Å². The highest BCUT2D eigenvalue weighted by molar-refractivity contribution is 5.57. The monoisotopic (exact) mass is 202 g/mol. The molecule has 1 aromatic rings. The zero-order chi connectivity index (χ0) is 11.1. The normalized spacial score (nSPS) is 25.1. The van der Waals surface area contributed by atoms with Crippen molar-refractivity contribution in [1.82, 2.24) is 0 Å². The van der Waals surface area contributed by atoms with Crippen molar-refractivity contribution in [1.29, 1.82) is 0 Å². The van der Waals surface area contributed by atoms with Crippen molar-refractivity contribution in [2.45, 2.75) is 26.9 Å². The number of aliphatic hydroxyl groups excluding tert-OH is 1. The molecule has 1 heteroatoms. The summed E-state index contributed by atoms with van der Waals surface area (Å²) in [7, 11) is 0. The second kappa shape index (κ2) is 3.49. The minimum atomic E-state index is -0.369. The minimum absolute atomic E-state index is 0.101. The molecular weight excluding hydrogens is 184 g/mol. The second-order valence-corrected chi connectivity index (χ2v) is 5.32. The molecule has 0 bridgehead atoms. The molecule has 0 aromatic heterocycles. The molecule has 0 heterocycles. The summed E-state index contributed by atoms with van der Waals surface area (Å²) in [6.45, 7) is 6.50. The first-order valence-electron chi connectivity index (χ1n) is 5.45. The van der Waals surface area contributed by atoms with Crippen LogP contribution in [0.15, 0.2) is 30.3 Å². The third-order valence-corrected chi connectivity index (χ3v) is 3.14. The van der Waals surface area contributed by atoms with Crippen LogP contribution in [-0.2, 0) is 0 Å². The number of rotatable bonds is 0. The number of fused-ring (bicyclic) bond motifs is 1. The maximum absolute atomic E-state index is 10.3. The average Bonchev–Trinajstić information content (AvgIpc) is 2.16. The fraction of sp³-hybridized carbons (Fsp3) is 0.429. The standard InChI is InChI=1S/C14H18O/c1-14(2,3)12-9-8-10-6-4-5-7-11(10)13(12)15/h4-9,12-13,15H,1-3H3/t12-,13+/m0/s1. The smallest absolute Gasteiger partial charge is 0.0863 e. The molecule has 1 aliphatic rings. The number of hydrogen-bond acceptors (Lipinski definition) is 1. The molecule has 0 amide bonds. The van der Waals surface area contributed by atoms with E-state index in [0.717, 1.165) is 11.1 Å². The molecule has 0 spiro atoms. The van der Waals surface area contributed by atoms with Crippen LogP contribution in [0.4, 0.5) is 0 Å². The number of aliphatic hydroxyl groups is 1. The molecule has 15 heavy (non-hydrogen) atoms. The number of benzene rings is 1. The lowest BCUT2D eigenvalue weighted by Gasteiger charge is -2.35. The Morgan fingerprint density at radius 2 is 1.80 bits per heavy atom. The Balaban J connectivity index is 2.42. The molecule has 0 saturated carbocycles. The van der Waals surface area contributed by atoms with Gasteiger partial charge in [-0.2, -0.15) is 0 Å². The summed E-state index contributed by atoms with van der Waals surface area (Å²) in [5.74, 6) is 0.201. The van der Waals surface area contributed by atoms with Gasteiger partial charge in [0.1, 0.15) is 0 Å². The highest BCUT2D eigenvalue weighted by Gasteiger charge is 2.32. The predicted molar refractivity (Wildman–Crippen MR) is 63.4 cm³/mol. The molecule has 1 aromatic carbocycles. The van der Waals surface area contributed by atoms with E-state index in [0.29, 0.717) is 0 Å². The molecule has 2 atom stereocenters. The van der Waals surface area contributed by atoms with Gasteiger partial charge in [-0.3, -0.25) is 0 Å². The van der Waals surface area contributed by atoms with Gasteiger partial charge in [-0.15, -0.1) is 0 Å². The molecule has 1 nitrogen and oxygen atoms in total. The maximum atomic E-state index is 10.3. The highest BCUT2D eigenvalue weighted by Crippen LogP contribution is 2.41. The third kappa shape index (κ3) is 1.84. The van der Waals surface area contributed by atoms with E-state index < -0.39 is 0 Å². The number of hydrogen-bond donors (Lipinski definition) is 1. The lowest BCUT2D eigenvalue weighted by Crippen LogP contribution is -2.27. The molecule has 2 rings (SSSR count). The van der Waals surface area contributed by atoms with Crippen molar-refractivity contribution in [3.05, 3.63) is 41.5 Å². The highest BCUT2D eigenvalue weighted by atomic mass is 16.3. The van der Waals surface area contributed by atoms with Gasteiger partial charge in [-0.25, -0.2) is 0 Å². The van der Waals surface area contributed by atoms with Gasteiger partial charge in [-0.05, 0) is 16.5 Å². The Bertz CT molecular complexity index is 385. The van der Waals surface area contributed by atoms with Crippen molar-refractivity contribution >= 4 is 6.08 Å². The Morgan fingerprint density at radius 3 is 2.47 bits per heavy atom. The van der Waals surface area contributed by atoms with Crippen molar-refractivity contribution in [2.24, 2.45) is 11.3 Å². The molecule has 0 fully saturated rings. The van der Waals surface area contributed by atoms with Gasteiger partial charge < -0.3 is 5.11 Å². The molecule has 0 aliphatic heterocycles. The second-order valence-electron chi connectivity index (χ2n) is 5.32. The maximum Gasteiger partial charge on any atom is 0.0863 e. The van der Waals surface area contributed by atoms with Crippen molar-refractivity contribution in [2.75, 3.05) is 0 Å². The summed E-state index contributed by atoms with van der Waals surface area (Å²) in [6.07, 6.45) is 3.89. The topological polar surface area (TPSA) is 20.2 Å². The van der Waals surface area contributed by atoms with E-state index in [-0.39, 0.29) is 17.4 Å². The summed E-state index contributed by atoms with van der Waals surface area (Å²) in [5.41, 5.74) is 2.30.